The van der Waals surface area contributed by atoms with Crippen LogP contribution >= 0.6 is 0 Å². The van der Waals surface area contributed by atoms with E-state index in [1.165, 1.54) is 33.2 Å². The second kappa shape index (κ2) is 6.93. The molecule has 1 unspecified atom stereocenters. The van der Waals surface area contributed by atoms with E-state index in [0.717, 1.165) is 6.32 Å². The molecule has 0 bridgehead atoms. The fourth-order valence-electron chi connectivity index (χ4n) is 2.33. The van der Waals surface area contributed by atoms with Crippen LogP contribution < -0.4 is 0 Å². The van der Waals surface area contributed by atoms with Gasteiger partial charge in [-0.25, -0.2) is 0 Å². The first kappa shape index (κ1) is 16.0. The molecule has 1 aromatic carbocycles. The molecule has 1 atom stereocenters. The molecule has 0 amide bonds. The Hall–Kier alpha value is -1.04. The second-order valence-corrected chi connectivity index (χ2v) is 5.79. The summed E-state index contributed by atoms with van der Waals surface area (Å²) in [6.07, 6.45) is 1.12. The monoisotopic (exact) mass is 248 g/mol. The van der Waals surface area contributed by atoms with Crippen molar-refractivity contribution in [1.82, 2.24) is 0 Å². The van der Waals surface area contributed by atoms with Crippen LogP contribution in [0.2, 0.25) is 12.1 Å². The fourth-order valence-corrected chi connectivity index (χ4v) is 2.33. The van der Waals surface area contributed by atoms with Crippen molar-refractivity contribution in [2.75, 3.05) is 0 Å². The molecule has 1 aromatic rings. The van der Waals surface area contributed by atoms with Crippen LogP contribution in [0, 0.1) is 6.92 Å². The minimum atomic E-state index is 0.578. The van der Waals surface area contributed by atoms with E-state index >= 15 is 0 Å². The summed E-state index contributed by atoms with van der Waals surface area (Å²) in [5.74, 6) is 0.578. The van der Waals surface area contributed by atoms with E-state index in [2.05, 4.69) is 76.4 Å². The number of allylic oxidation sites excluding steroid dienone is 4. The van der Waals surface area contributed by atoms with Crippen molar-refractivity contribution in [2.45, 2.75) is 32.9 Å². The topological polar surface area (TPSA) is 0 Å². The number of hydrogen-bond acceptors (Lipinski definition) is 0. The molecule has 0 aromatic heterocycles. The molecule has 0 aliphatic heterocycles. The first-order chi connectivity index (χ1) is 8.90. The normalized spacial score (nSPS) is 15.5. The molecular formula is C15H24B4. The lowest BCUT2D eigenvalue weighted by molar-refractivity contribution is 1.09. The SMILES string of the molecule is BC/C(B)=C(B)\C(=C(\C)C(B)C)c1ccccc1C. The van der Waals surface area contributed by atoms with Crippen LogP contribution in [-0.2, 0) is 0 Å². The van der Waals surface area contributed by atoms with Crippen molar-refractivity contribution >= 4 is 37.0 Å². The Balaban J connectivity index is 3.56. The fraction of sp³-hybridized carbons (Fsp3) is 0.333. The maximum absolute atomic E-state index is 2.28. The minimum absolute atomic E-state index is 0.578. The van der Waals surface area contributed by atoms with Crippen LogP contribution in [0.1, 0.15) is 25.0 Å². The van der Waals surface area contributed by atoms with Crippen LogP contribution in [0.5, 0.6) is 0 Å². The van der Waals surface area contributed by atoms with E-state index in [1.54, 1.807) is 0 Å². The summed E-state index contributed by atoms with van der Waals surface area (Å²) >= 11 is 0. The van der Waals surface area contributed by atoms with Gasteiger partial charge in [0.15, 0.2) is 0 Å². The first-order valence-electron chi connectivity index (χ1n) is 7.33. The lowest BCUT2D eigenvalue weighted by Gasteiger charge is -2.20. The lowest BCUT2D eigenvalue weighted by Crippen LogP contribution is -2.03. The summed E-state index contributed by atoms with van der Waals surface area (Å²) in [7, 11) is 9.04. The van der Waals surface area contributed by atoms with E-state index in [9.17, 15) is 0 Å². The molecule has 0 aliphatic rings. The Morgan fingerprint density at radius 3 is 2.26 bits per heavy atom. The number of benzene rings is 1. The molecule has 19 heavy (non-hydrogen) atoms. The van der Waals surface area contributed by atoms with Crippen molar-refractivity contribution in [3.8, 4) is 0 Å². The van der Waals surface area contributed by atoms with Crippen molar-refractivity contribution in [3.05, 3.63) is 51.9 Å². The van der Waals surface area contributed by atoms with Crippen LogP contribution in [-0.4, -0.2) is 31.4 Å². The molecule has 0 heterocycles. The molecule has 0 fully saturated rings. The zero-order valence-corrected chi connectivity index (χ0v) is 13.6. The van der Waals surface area contributed by atoms with E-state index in [0.29, 0.717) is 5.82 Å². The molecule has 96 valence electrons. The smallest absolute Gasteiger partial charge is 0.123 e. The predicted molar refractivity (Wildman–Crippen MR) is 99.2 cm³/mol. The summed E-state index contributed by atoms with van der Waals surface area (Å²) in [6.45, 7) is 6.76. The van der Waals surface area contributed by atoms with Crippen LogP contribution in [0.3, 0.4) is 0 Å². The lowest BCUT2D eigenvalue weighted by atomic mass is 9.67. The van der Waals surface area contributed by atoms with Crippen molar-refractivity contribution in [1.29, 1.82) is 0 Å². The summed E-state index contributed by atoms with van der Waals surface area (Å²) in [6, 6.07) is 8.72. The first-order valence-corrected chi connectivity index (χ1v) is 7.33. The summed E-state index contributed by atoms with van der Waals surface area (Å²) < 4.78 is 0. The zero-order valence-electron chi connectivity index (χ0n) is 13.6. The summed E-state index contributed by atoms with van der Waals surface area (Å²) in [4.78, 5) is 0. The highest BCUT2D eigenvalue weighted by atomic mass is 14.1. The predicted octanol–water partition coefficient (Wildman–Crippen LogP) is 0.739. The average molecular weight is 248 g/mol. The van der Waals surface area contributed by atoms with Crippen LogP contribution in [0.25, 0.3) is 5.57 Å². The van der Waals surface area contributed by atoms with Gasteiger partial charge >= 0.3 is 0 Å². The Kier molecular flexibility index (Phi) is 5.84. The maximum Gasteiger partial charge on any atom is 0.138 e. The quantitative estimate of drug-likeness (QED) is 0.544. The Morgan fingerprint density at radius 1 is 1.21 bits per heavy atom. The highest BCUT2D eigenvalue weighted by Gasteiger charge is 2.13. The van der Waals surface area contributed by atoms with Gasteiger partial charge in [-0.1, -0.05) is 54.4 Å². The molecule has 0 radical (unpaired) electrons. The van der Waals surface area contributed by atoms with Gasteiger partial charge in [-0.3, -0.25) is 0 Å². The number of aryl methyl sites for hydroxylation is 1. The molecule has 0 aliphatic carbocycles. The van der Waals surface area contributed by atoms with Gasteiger partial charge in [-0.05, 0) is 30.5 Å². The van der Waals surface area contributed by atoms with Gasteiger partial charge in [0.1, 0.15) is 31.4 Å². The van der Waals surface area contributed by atoms with Gasteiger partial charge in [0.25, 0.3) is 0 Å². The van der Waals surface area contributed by atoms with Crippen LogP contribution in [0.15, 0.2) is 40.8 Å². The summed E-state index contributed by atoms with van der Waals surface area (Å²) in [5.41, 5.74) is 8.62. The average Bonchev–Trinajstić information content (AvgIpc) is 2.39. The van der Waals surface area contributed by atoms with Gasteiger partial charge in [0.05, 0.1) is 0 Å². The van der Waals surface area contributed by atoms with Crippen molar-refractivity contribution < 1.29 is 0 Å². The highest BCUT2D eigenvalue weighted by Crippen LogP contribution is 2.33. The second-order valence-electron chi connectivity index (χ2n) is 5.79. The molecule has 1 rings (SSSR count). The molecule has 0 saturated heterocycles. The van der Waals surface area contributed by atoms with Crippen molar-refractivity contribution in [2.24, 2.45) is 0 Å². The van der Waals surface area contributed by atoms with Gasteiger partial charge in [-0.15, -0.1) is 5.47 Å². The zero-order chi connectivity index (χ0) is 14.6. The molecule has 0 saturated carbocycles. The molecule has 4 heteroatoms. The highest BCUT2D eigenvalue weighted by molar-refractivity contribution is 6.40. The number of hydrogen-bond donors (Lipinski definition) is 0. The maximum atomic E-state index is 2.28. The molecule has 0 spiro atoms. The Bertz CT molecular complexity index is 513. The van der Waals surface area contributed by atoms with E-state index < -0.39 is 0 Å². The molecular weight excluding hydrogens is 223 g/mol. The molecule has 0 N–H and O–H groups in total. The van der Waals surface area contributed by atoms with Gasteiger partial charge in [0, 0.05) is 0 Å². The molecule has 0 nitrogen and oxygen atoms in total. The van der Waals surface area contributed by atoms with Gasteiger partial charge < -0.3 is 0 Å². The van der Waals surface area contributed by atoms with E-state index in [1.807, 2.05) is 0 Å². The minimum Gasteiger partial charge on any atom is -0.123 e. The number of rotatable bonds is 4. The Labute approximate surface area is 122 Å². The third-order valence-corrected chi connectivity index (χ3v) is 4.22. The van der Waals surface area contributed by atoms with Gasteiger partial charge in [0.2, 0.25) is 0 Å². The third-order valence-electron chi connectivity index (χ3n) is 4.22. The summed E-state index contributed by atoms with van der Waals surface area (Å²) in [5, 5.41) is 0. The van der Waals surface area contributed by atoms with E-state index in [-0.39, 0.29) is 0 Å². The largest absolute Gasteiger partial charge is 0.138 e. The Morgan fingerprint density at radius 2 is 1.79 bits per heavy atom. The van der Waals surface area contributed by atoms with Crippen LogP contribution in [0.4, 0.5) is 0 Å². The standard InChI is InChI=1S/C15H24B4/c1-9-6-4-5-7-12(9)14(10(2)11(3)17)15(19)13(18)8-16/h4-7,11H,8,16-19H2,1-3H3/b14-10-,15-13-. The van der Waals surface area contributed by atoms with Gasteiger partial charge in [-0.2, -0.15) is 0 Å². The van der Waals surface area contributed by atoms with E-state index in [4.69, 9.17) is 0 Å². The van der Waals surface area contributed by atoms with Crippen molar-refractivity contribution in [3.63, 3.8) is 0 Å². The third kappa shape index (κ3) is 3.72.